The van der Waals surface area contributed by atoms with Gasteiger partial charge >= 0.3 is 0 Å². The minimum atomic E-state index is -1.09. The van der Waals surface area contributed by atoms with E-state index in [9.17, 15) is 15.2 Å². The summed E-state index contributed by atoms with van der Waals surface area (Å²) in [5, 5.41) is 22.1. The number of rotatable bonds is 4. The van der Waals surface area contributed by atoms with Crippen molar-refractivity contribution >= 4 is 11.4 Å². The number of benzene rings is 3. The van der Waals surface area contributed by atoms with E-state index in [1.807, 2.05) is 53.4 Å². The van der Waals surface area contributed by atoms with E-state index in [0.29, 0.717) is 11.3 Å². The summed E-state index contributed by atoms with van der Waals surface area (Å²) in [6, 6.07) is 23.1. The molecule has 27 heavy (non-hydrogen) atoms. The first-order valence-corrected chi connectivity index (χ1v) is 8.63. The van der Waals surface area contributed by atoms with E-state index in [-0.39, 0.29) is 17.2 Å². The number of para-hydroxylation sites is 3. The normalized spacial score (nSPS) is 18.5. The molecule has 136 valence electrons. The number of fused-ring (bicyclic) bond motifs is 1. The smallest absolute Gasteiger partial charge is 0.274 e. The van der Waals surface area contributed by atoms with Gasteiger partial charge in [-0.05, 0) is 17.7 Å². The molecular formula is C21H18N2O4. The molecule has 1 heterocycles. The van der Waals surface area contributed by atoms with Gasteiger partial charge in [-0.3, -0.25) is 10.1 Å². The largest absolute Gasteiger partial charge is 0.460 e. The van der Waals surface area contributed by atoms with Gasteiger partial charge in [0.05, 0.1) is 17.2 Å². The third-order valence-electron chi connectivity index (χ3n) is 4.70. The van der Waals surface area contributed by atoms with Gasteiger partial charge in [-0.15, -0.1) is 0 Å². The molecule has 0 amide bonds. The van der Waals surface area contributed by atoms with Crippen LogP contribution < -0.4 is 9.64 Å². The Morgan fingerprint density at radius 2 is 1.63 bits per heavy atom. The molecule has 1 aliphatic rings. The fourth-order valence-electron chi connectivity index (χ4n) is 3.48. The van der Waals surface area contributed by atoms with Crippen LogP contribution in [0.3, 0.4) is 0 Å². The first-order valence-electron chi connectivity index (χ1n) is 8.63. The molecule has 2 atom stereocenters. The van der Waals surface area contributed by atoms with Crippen LogP contribution in [0.4, 0.5) is 11.4 Å². The van der Waals surface area contributed by atoms with Crippen molar-refractivity contribution in [3.05, 3.63) is 100 Å². The van der Waals surface area contributed by atoms with Gasteiger partial charge in [0.1, 0.15) is 11.8 Å². The number of ether oxygens (including phenoxy) is 1. The summed E-state index contributed by atoms with van der Waals surface area (Å²) in [6.45, 7) is 0.272. The van der Waals surface area contributed by atoms with Crippen molar-refractivity contribution in [2.75, 3.05) is 4.90 Å². The van der Waals surface area contributed by atoms with Gasteiger partial charge in [0.2, 0.25) is 6.29 Å². The molecule has 6 nitrogen and oxygen atoms in total. The second-order valence-electron chi connectivity index (χ2n) is 6.35. The lowest BCUT2D eigenvalue weighted by molar-refractivity contribution is -0.385. The second kappa shape index (κ2) is 7.09. The summed E-state index contributed by atoms with van der Waals surface area (Å²) in [6.07, 6.45) is -1.09. The number of aliphatic hydroxyl groups is 1. The van der Waals surface area contributed by atoms with Gasteiger partial charge in [-0.2, -0.15) is 0 Å². The molecule has 0 aromatic heterocycles. The van der Waals surface area contributed by atoms with E-state index in [2.05, 4.69) is 0 Å². The summed E-state index contributed by atoms with van der Waals surface area (Å²) in [5.41, 5.74) is 2.29. The Balaban J connectivity index is 1.82. The lowest BCUT2D eigenvalue weighted by Gasteiger charge is -2.41. The van der Waals surface area contributed by atoms with Crippen LogP contribution in [0.1, 0.15) is 17.2 Å². The number of nitrogens with zero attached hydrogens (tertiary/aromatic N) is 2. The Kier molecular flexibility index (Phi) is 4.48. The Hall–Kier alpha value is -3.38. The van der Waals surface area contributed by atoms with Crippen LogP contribution in [-0.2, 0) is 6.54 Å². The summed E-state index contributed by atoms with van der Waals surface area (Å²) in [5.74, 6) is 0.552. The van der Waals surface area contributed by atoms with Gasteiger partial charge in [-0.1, -0.05) is 60.7 Å². The third kappa shape index (κ3) is 3.22. The molecule has 0 radical (unpaired) electrons. The number of aliphatic hydroxyl groups excluding tert-OH is 1. The van der Waals surface area contributed by atoms with E-state index >= 15 is 0 Å². The van der Waals surface area contributed by atoms with Crippen LogP contribution in [-0.4, -0.2) is 16.3 Å². The molecule has 0 bridgehead atoms. The standard InChI is InChI=1S/C21H18N2O4/c24-21-20(15-8-2-1-3-9-15)22(18-12-6-7-13-19(18)27-21)14-16-10-4-5-11-17(16)23(25)26/h1-13,20-21,24H,14H2. The quantitative estimate of drug-likeness (QED) is 0.560. The molecule has 0 fully saturated rings. The van der Waals surface area contributed by atoms with Crippen LogP contribution in [0.5, 0.6) is 5.75 Å². The molecule has 3 aromatic carbocycles. The fourth-order valence-corrected chi connectivity index (χ4v) is 3.48. The zero-order chi connectivity index (χ0) is 18.8. The summed E-state index contributed by atoms with van der Waals surface area (Å²) < 4.78 is 5.72. The van der Waals surface area contributed by atoms with Crippen LogP contribution in [0.25, 0.3) is 0 Å². The fraction of sp³-hybridized carbons (Fsp3) is 0.143. The van der Waals surface area contributed by atoms with Gasteiger partial charge in [0, 0.05) is 11.6 Å². The number of hydrogen-bond donors (Lipinski definition) is 1. The number of anilines is 1. The Morgan fingerprint density at radius 3 is 2.41 bits per heavy atom. The van der Waals surface area contributed by atoms with Crippen LogP contribution in [0.15, 0.2) is 78.9 Å². The monoisotopic (exact) mass is 362 g/mol. The highest BCUT2D eigenvalue weighted by Gasteiger charge is 2.36. The van der Waals surface area contributed by atoms with Crippen molar-refractivity contribution in [3.8, 4) is 5.75 Å². The maximum Gasteiger partial charge on any atom is 0.274 e. The minimum absolute atomic E-state index is 0.0581. The zero-order valence-corrected chi connectivity index (χ0v) is 14.4. The second-order valence-corrected chi connectivity index (χ2v) is 6.35. The van der Waals surface area contributed by atoms with Crippen LogP contribution in [0.2, 0.25) is 0 Å². The molecule has 1 N–H and O–H groups in total. The summed E-state index contributed by atoms with van der Waals surface area (Å²) in [7, 11) is 0. The Labute approximate surface area is 156 Å². The molecule has 0 aliphatic carbocycles. The maximum absolute atomic E-state index is 11.4. The van der Waals surface area contributed by atoms with Crippen LogP contribution in [0, 0.1) is 10.1 Å². The van der Waals surface area contributed by atoms with Crippen molar-refractivity contribution in [2.24, 2.45) is 0 Å². The van der Waals surface area contributed by atoms with E-state index in [4.69, 9.17) is 4.74 Å². The SMILES string of the molecule is O=[N+]([O-])c1ccccc1CN1c2ccccc2OC(O)C1c1ccccc1. The zero-order valence-electron chi connectivity index (χ0n) is 14.4. The van der Waals surface area contributed by atoms with Crippen LogP contribution >= 0.6 is 0 Å². The molecule has 0 saturated carbocycles. The lowest BCUT2D eigenvalue weighted by Crippen LogP contribution is -2.43. The summed E-state index contributed by atoms with van der Waals surface area (Å²) in [4.78, 5) is 13.0. The number of nitro groups is 1. The van der Waals surface area contributed by atoms with E-state index < -0.39 is 12.3 Å². The molecule has 6 heteroatoms. The van der Waals surface area contributed by atoms with Gasteiger partial charge < -0.3 is 14.7 Å². The Bertz CT molecular complexity index is 961. The van der Waals surface area contributed by atoms with E-state index in [1.165, 1.54) is 6.07 Å². The van der Waals surface area contributed by atoms with Gasteiger partial charge in [0.15, 0.2) is 0 Å². The Morgan fingerprint density at radius 1 is 0.963 bits per heavy atom. The average molecular weight is 362 g/mol. The van der Waals surface area contributed by atoms with E-state index in [1.54, 1.807) is 24.3 Å². The molecule has 3 aromatic rings. The van der Waals surface area contributed by atoms with Crippen molar-refractivity contribution in [1.82, 2.24) is 0 Å². The molecule has 0 spiro atoms. The van der Waals surface area contributed by atoms with Crippen molar-refractivity contribution in [1.29, 1.82) is 0 Å². The van der Waals surface area contributed by atoms with Crippen molar-refractivity contribution in [3.63, 3.8) is 0 Å². The molecule has 0 saturated heterocycles. The predicted molar refractivity (Wildman–Crippen MR) is 102 cm³/mol. The average Bonchev–Trinajstić information content (AvgIpc) is 2.69. The molecule has 4 rings (SSSR count). The summed E-state index contributed by atoms with van der Waals surface area (Å²) >= 11 is 0. The number of nitro benzene ring substituents is 1. The lowest BCUT2D eigenvalue weighted by atomic mass is 10.0. The highest BCUT2D eigenvalue weighted by atomic mass is 16.6. The van der Waals surface area contributed by atoms with Gasteiger partial charge in [-0.25, -0.2) is 0 Å². The first-order chi connectivity index (χ1) is 13.1. The highest BCUT2D eigenvalue weighted by Crippen LogP contribution is 2.43. The predicted octanol–water partition coefficient (Wildman–Crippen LogP) is 4.05. The number of hydrogen-bond acceptors (Lipinski definition) is 5. The van der Waals surface area contributed by atoms with E-state index in [0.717, 1.165) is 11.3 Å². The molecule has 2 unspecified atom stereocenters. The third-order valence-corrected chi connectivity index (χ3v) is 4.70. The minimum Gasteiger partial charge on any atom is -0.460 e. The van der Waals surface area contributed by atoms with Gasteiger partial charge in [0.25, 0.3) is 5.69 Å². The molecule has 1 aliphatic heterocycles. The maximum atomic E-state index is 11.4. The topological polar surface area (TPSA) is 75.8 Å². The van der Waals surface area contributed by atoms with Crippen molar-refractivity contribution in [2.45, 2.75) is 18.9 Å². The van der Waals surface area contributed by atoms with Crippen molar-refractivity contribution < 1.29 is 14.8 Å². The first kappa shape index (κ1) is 17.1. The highest BCUT2D eigenvalue weighted by molar-refractivity contribution is 5.62. The molecular weight excluding hydrogens is 344 g/mol.